The van der Waals surface area contributed by atoms with Gasteiger partial charge in [0.1, 0.15) is 0 Å². The van der Waals surface area contributed by atoms with E-state index in [0.717, 1.165) is 48.9 Å². The number of hydrogen-bond donors (Lipinski definition) is 0. The monoisotopic (exact) mass is 813 g/mol. The molecule has 0 saturated heterocycles. The topological polar surface area (TPSA) is 3.24 Å². The van der Waals surface area contributed by atoms with Gasteiger partial charge in [0.2, 0.25) is 0 Å². The molecule has 0 aliphatic carbocycles. The van der Waals surface area contributed by atoms with E-state index in [1.807, 2.05) is 170 Å². The maximum absolute atomic E-state index is 9.89. The van der Waals surface area contributed by atoms with E-state index in [0.29, 0.717) is 27.6 Å². The average Bonchev–Trinajstić information content (AvgIpc) is 3.45. The van der Waals surface area contributed by atoms with Crippen molar-refractivity contribution in [1.29, 1.82) is 0 Å². The van der Waals surface area contributed by atoms with Crippen LogP contribution in [-0.2, 0) is 0 Å². The van der Waals surface area contributed by atoms with E-state index in [9.17, 15) is 16.4 Å². The van der Waals surface area contributed by atoms with Crippen LogP contribution in [0.2, 0.25) is 0 Å². The Morgan fingerprint density at radius 3 is 1.25 bits per heavy atom. The van der Waals surface area contributed by atoms with Crippen molar-refractivity contribution in [1.82, 2.24) is 0 Å². The van der Waals surface area contributed by atoms with E-state index in [1.54, 1.807) is 18.2 Å². The molecule has 0 amide bonds. The normalized spacial score (nSPS) is 13.8. The number of nitrogens with zero attached hydrogens (tertiary/aromatic N) is 1. The van der Waals surface area contributed by atoms with Crippen LogP contribution in [0.15, 0.2) is 261 Å². The first-order valence-electron chi connectivity index (χ1n) is 26.7. The lowest BCUT2D eigenvalue weighted by atomic mass is 9.89. The summed E-state index contributed by atoms with van der Waals surface area (Å²) in [5.74, 6) is 0. The van der Waals surface area contributed by atoms with Gasteiger partial charge in [-0.2, -0.15) is 0 Å². The van der Waals surface area contributed by atoms with Gasteiger partial charge in [0.25, 0.3) is 0 Å². The van der Waals surface area contributed by atoms with Gasteiger partial charge < -0.3 is 4.90 Å². The number of rotatable bonds is 9. The molecule has 0 aliphatic rings. The molecule has 0 fully saturated rings. The first kappa shape index (κ1) is 26.8. The quantitative estimate of drug-likeness (QED) is 0.140. The van der Waals surface area contributed by atoms with Crippen LogP contribution in [0.1, 0.15) is 16.4 Å². The van der Waals surface area contributed by atoms with Crippen molar-refractivity contribution in [3.8, 4) is 66.8 Å². The summed E-state index contributed by atoms with van der Waals surface area (Å²) in [6.07, 6.45) is 0. The lowest BCUT2D eigenvalue weighted by Crippen LogP contribution is -2.09. The van der Waals surface area contributed by atoms with Crippen molar-refractivity contribution >= 4 is 38.6 Å². The molecule has 296 valence electrons. The minimum atomic E-state index is -0.684. The van der Waals surface area contributed by atoms with Crippen molar-refractivity contribution in [2.24, 2.45) is 0 Å². The Bertz CT molecular complexity index is 4000. The number of fused-ring (bicyclic) bond motifs is 2. The van der Waals surface area contributed by atoms with Crippen molar-refractivity contribution in [3.63, 3.8) is 0 Å². The summed E-state index contributed by atoms with van der Waals surface area (Å²) in [6.45, 7) is 0. The number of benzene rings is 11. The molecule has 0 aromatic heterocycles. The summed E-state index contributed by atoms with van der Waals surface area (Å²) >= 11 is 0. The molecule has 11 rings (SSSR count). The molecular formula is C62H43N. The second-order valence-corrected chi connectivity index (χ2v) is 15.1. The third-order valence-electron chi connectivity index (χ3n) is 11.3. The minimum Gasteiger partial charge on any atom is -0.311 e. The molecule has 11 aromatic carbocycles. The Balaban J connectivity index is 1.19. The Morgan fingerprint density at radius 2 is 0.667 bits per heavy atom. The standard InChI is InChI=1S/C62H43N/c1-4-15-47(16-5-1)58-40-33-54(43-61(58)49-19-8-3-9-20-49)46-28-36-56(37-29-46)63(55-34-26-45(27-35-55)53-25-24-44-14-10-11-22-52(44)42-53)57-38-30-51(31-39-57)62-59-23-13-12-21-50(59)32-41-60(62)48-17-6-2-7-18-48/h1-43H/i26D,27D,28D,29D,30D,31D,34D,35D,36D,37D,38D,39D. The molecule has 0 unspecified atom stereocenters. The second kappa shape index (κ2) is 16.7. The zero-order valence-electron chi connectivity index (χ0n) is 45.8. The highest BCUT2D eigenvalue weighted by atomic mass is 15.1. The van der Waals surface area contributed by atoms with Crippen molar-refractivity contribution in [2.75, 3.05) is 4.90 Å². The minimum absolute atomic E-state index is 0.0539. The van der Waals surface area contributed by atoms with Crippen LogP contribution in [0.25, 0.3) is 88.3 Å². The Labute approximate surface area is 386 Å². The lowest BCUT2D eigenvalue weighted by Gasteiger charge is -2.26. The highest BCUT2D eigenvalue weighted by Gasteiger charge is 2.17. The van der Waals surface area contributed by atoms with Crippen LogP contribution in [-0.4, -0.2) is 0 Å². The van der Waals surface area contributed by atoms with Gasteiger partial charge in [-0.05, 0) is 137 Å². The van der Waals surface area contributed by atoms with Gasteiger partial charge in [0.15, 0.2) is 0 Å². The summed E-state index contributed by atoms with van der Waals surface area (Å²) < 4.78 is 117. The summed E-state index contributed by atoms with van der Waals surface area (Å²) in [5.41, 5.74) is 3.96. The summed E-state index contributed by atoms with van der Waals surface area (Å²) in [7, 11) is 0. The van der Waals surface area contributed by atoms with Crippen molar-refractivity contribution < 1.29 is 16.4 Å². The summed E-state index contributed by atoms with van der Waals surface area (Å²) in [6, 6.07) is 50.8. The largest absolute Gasteiger partial charge is 0.311 e. The molecule has 0 bridgehead atoms. The third kappa shape index (κ3) is 7.47. The zero-order valence-corrected chi connectivity index (χ0v) is 33.8. The molecule has 0 spiro atoms. The Kier molecular flexibility index (Phi) is 7.10. The van der Waals surface area contributed by atoms with Crippen molar-refractivity contribution in [3.05, 3.63) is 261 Å². The number of hydrogen-bond acceptors (Lipinski definition) is 1. The van der Waals surface area contributed by atoms with E-state index in [4.69, 9.17) is 0 Å². The predicted molar refractivity (Wildman–Crippen MR) is 269 cm³/mol. The molecule has 0 saturated carbocycles. The predicted octanol–water partition coefficient (Wildman–Crippen LogP) is 17.5. The molecule has 0 radical (unpaired) electrons. The van der Waals surface area contributed by atoms with Gasteiger partial charge in [-0.15, -0.1) is 0 Å². The Hall–Kier alpha value is -8.26. The van der Waals surface area contributed by atoms with Gasteiger partial charge >= 0.3 is 0 Å². The van der Waals surface area contributed by atoms with Crippen LogP contribution >= 0.6 is 0 Å². The molecule has 0 aliphatic heterocycles. The summed E-state index contributed by atoms with van der Waals surface area (Å²) in [4.78, 5) is 0.870. The lowest BCUT2D eigenvalue weighted by molar-refractivity contribution is 1.28. The van der Waals surface area contributed by atoms with Gasteiger partial charge in [-0.3, -0.25) is 0 Å². The zero-order chi connectivity index (χ0) is 52.4. The fraction of sp³-hybridized carbons (Fsp3) is 0. The molecule has 0 heterocycles. The molecule has 0 atom stereocenters. The second-order valence-electron chi connectivity index (χ2n) is 15.1. The van der Waals surface area contributed by atoms with E-state index >= 15 is 0 Å². The fourth-order valence-electron chi connectivity index (χ4n) is 8.17. The fourth-order valence-corrected chi connectivity index (χ4v) is 8.17. The van der Waals surface area contributed by atoms with Gasteiger partial charge in [-0.1, -0.05) is 212 Å². The molecule has 1 heteroatoms. The van der Waals surface area contributed by atoms with Crippen LogP contribution in [0, 0.1) is 0 Å². The van der Waals surface area contributed by atoms with Crippen LogP contribution in [0.3, 0.4) is 0 Å². The molecule has 11 aromatic rings. The third-order valence-corrected chi connectivity index (χ3v) is 11.3. The maximum Gasteiger partial charge on any atom is 0.0645 e. The summed E-state index contributed by atoms with van der Waals surface area (Å²) in [5, 5.41) is 3.10. The first-order chi connectivity index (χ1) is 36.3. The smallest absolute Gasteiger partial charge is 0.0645 e. The van der Waals surface area contributed by atoms with Gasteiger partial charge in [0.05, 0.1) is 16.4 Å². The number of anilines is 3. The van der Waals surface area contributed by atoms with Gasteiger partial charge in [-0.25, -0.2) is 0 Å². The highest BCUT2D eigenvalue weighted by Crippen LogP contribution is 2.42. The highest BCUT2D eigenvalue weighted by molar-refractivity contribution is 6.04. The van der Waals surface area contributed by atoms with E-state index in [2.05, 4.69) is 0 Å². The van der Waals surface area contributed by atoms with Crippen LogP contribution < -0.4 is 4.90 Å². The molecule has 0 N–H and O–H groups in total. The Morgan fingerprint density at radius 1 is 0.254 bits per heavy atom. The molecule has 63 heavy (non-hydrogen) atoms. The molecular weight excluding hydrogens is 759 g/mol. The SMILES string of the molecule is [2H]c1c([2H])c(N(c2c([2H])c([2H])c(-c3ccc4ccccc4c3)c([2H])c2[2H])c2c([2H])c([2H])c(-c3c(-c4ccccc4)ccc4ccccc34)c([2H])c2[2H])c([2H])c([2H])c1-c1ccc(-c2ccccc2)c(-c2ccccc2)c1. The average molecular weight is 814 g/mol. The van der Waals surface area contributed by atoms with Crippen molar-refractivity contribution in [2.45, 2.75) is 0 Å². The van der Waals surface area contributed by atoms with Crippen LogP contribution in [0.4, 0.5) is 17.1 Å². The van der Waals surface area contributed by atoms with Crippen LogP contribution in [0.5, 0.6) is 0 Å². The van der Waals surface area contributed by atoms with Gasteiger partial charge in [0, 0.05) is 17.1 Å². The van der Waals surface area contributed by atoms with E-state index in [1.165, 1.54) is 0 Å². The molecule has 1 nitrogen and oxygen atoms in total. The first-order valence-corrected chi connectivity index (χ1v) is 20.7. The van der Waals surface area contributed by atoms with E-state index in [-0.39, 0.29) is 16.7 Å². The van der Waals surface area contributed by atoms with E-state index < -0.39 is 89.6 Å². The maximum atomic E-state index is 9.89.